The van der Waals surface area contributed by atoms with Crippen LogP contribution in [0.3, 0.4) is 0 Å². The van der Waals surface area contributed by atoms with E-state index in [-0.39, 0.29) is 17.9 Å². The Kier molecular flexibility index (Phi) is 6.87. The van der Waals surface area contributed by atoms with E-state index in [1.165, 1.54) is 5.56 Å². The molecule has 2 heterocycles. The second-order valence-corrected chi connectivity index (χ2v) is 9.25. The van der Waals surface area contributed by atoms with Crippen molar-refractivity contribution >= 4 is 11.8 Å². The van der Waals surface area contributed by atoms with Crippen molar-refractivity contribution in [3.63, 3.8) is 0 Å². The lowest BCUT2D eigenvalue weighted by atomic mass is 9.79. The van der Waals surface area contributed by atoms with E-state index in [1.807, 2.05) is 49.1 Å². The summed E-state index contributed by atoms with van der Waals surface area (Å²) in [6, 6.07) is 22.5. The van der Waals surface area contributed by atoms with Gasteiger partial charge in [-0.25, -0.2) is 0 Å². The highest BCUT2D eigenvalue weighted by atomic mass is 16.2. The third-order valence-corrected chi connectivity index (χ3v) is 6.29. The highest BCUT2D eigenvalue weighted by Crippen LogP contribution is 2.36. The van der Waals surface area contributed by atoms with Crippen molar-refractivity contribution in [2.45, 2.75) is 39.2 Å². The van der Waals surface area contributed by atoms with Crippen LogP contribution in [0.15, 0.2) is 79.1 Å². The van der Waals surface area contributed by atoms with Gasteiger partial charge in [0.25, 0.3) is 0 Å². The molecule has 1 aliphatic heterocycles. The van der Waals surface area contributed by atoms with Crippen LogP contribution in [0.4, 0.5) is 0 Å². The number of nitrogens with one attached hydrogen (secondary N) is 1. The standard InChI is InChI=1S/C28H31N3O2/c1-21(2)30-27(33)28(14-16-31(20-28)26(32)17-23-7-6-15-29-19-23)18-22-10-12-25(13-11-22)24-8-4-3-5-9-24/h3-13,15,19,21H,14,16-18,20H2,1-2H3,(H,30,33)/t28-/m0/s1. The molecule has 0 saturated carbocycles. The molecule has 0 unspecified atom stereocenters. The molecule has 2 aromatic carbocycles. The van der Waals surface area contributed by atoms with Crippen LogP contribution in [0, 0.1) is 5.41 Å². The van der Waals surface area contributed by atoms with Gasteiger partial charge in [-0.05, 0) is 55.0 Å². The van der Waals surface area contributed by atoms with Crippen LogP contribution in [-0.2, 0) is 22.4 Å². The summed E-state index contributed by atoms with van der Waals surface area (Å²) in [5.41, 5.74) is 3.70. The molecule has 1 N–H and O–H groups in total. The maximum atomic E-state index is 13.3. The summed E-state index contributed by atoms with van der Waals surface area (Å²) in [5.74, 6) is 0.0722. The normalized spacial score (nSPS) is 17.8. The van der Waals surface area contributed by atoms with Gasteiger partial charge in [-0.2, -0.15) is 0 Å². The van der Waals surface area contributed by atoms with E-state index in [0.29, 0.717) is 32.4 Å². The highest BCUT2D eigenvalue weighted by molar-refractivity contribution is 5.86. The number of nitrogens with zero attached hydrogens (tertiary/aromatic N) is 2. The van der Waals surface area contributed by atoms with Gasteiger partial charge >= 0.3 is 0 Å². The maximum absolute atomic E-state index is 13.3. The van der Waals surface area contributed by atoms with Gasteiger partial charge in [-0.3, -0.25) is 14.6 Å². The van der Waals surface area contributed by atoms with Gasteiger partial charge in [0.1, 0.15) is 0 Å². The van der Waals surface area contributed by atoms with E-state index in [0.717, 1.165) is 16.7 Å². The molecule has 1 fully saturated rings. The van der Waals surface area contributed by atoms with Gasteiger partial charge in [0.15, 0.2) is 0 Å². The van der Waals surface area contributed by atoms with Crippen molar-refractivity contribution in [2.75, 3.05) is 13.1 Å². The van der Waals surface area contributed by atoms with Crippen LogP contribution in [0.2, 0.25) is 0 Å². The highest BCUT2D eigenvalue weighted by Gasteiger charge is 2.46. The fourth-order valence-corrected chi connectivity index (χ4v) is 4.54. The molecule has 2 amide bonds. The van der Waals surface area contributed by atoms with E-state index >= 15 is 0 Å². The van der Waals surface area contributed by atoms with Gasteiger partial charge in [0, 0.05) is 31.5 Å². The van der Waals surface area contributed by atoms with Crippen LogP contribution in [0.25, 0.3) is 11.1 Å². The van der Waals surface area contributed by atoms with Crippen LogP contribution >= 0.6 is 0 Å². The zero-order valence-electron chi connectivity index (χ0n) is 19.3. The second kappa shape index (κ2) is 9.99. The lowest BCUT2D eigenvalue weighted by Gasteiger charge is -2.29. The molecule has 0 radical (unpaired) electrons. The zero-order chi connectivity index (χ0) is 23.3. The third-order valence-electron chi connectivity index (χ3n) is 6.29. The second-order valence-electron chi connectivity index (χ2n) is 9.25. The van der Waals surface area contributed by atoms with Crippen molar-refractivity contribution in [1.82, 2.24) is 15.2 Å². The summed E-state index contributed by atoms with van der Waals surface area (Å²) in [4.78, 5) is 32.2. The summed E-state index contributed by atoms with van der Waals surface area (Å²) < 4.78 is 0. The Labute approximate surface area is 195 Å². The number of carbonyl (C=O) groups is 2. The number of amides is 2. The monoisotopic (exact) mass is 441 g/mol. The fourth-order valence-electron chi connectivity index (χ4n) is 4.54. The molecule has 1 saturated heterocycles. The number of carbonyl (C=O) groups excluding carboxylic acids is 2. The number of hydrogen-bond acceptors (Lipinski definition) is 3. The minimum absolute atomic E-state index is 0.0290. The number of rotatable bonds is 7. The van der Waals surface area contributed by atoms with E-state index in [9.17, 15) is 9.59 Å². The van der Waals surface area contributed by atoms with Crippen LogP contribution in [-0.4, -0.2) is 40.8 Å². The molecule has 4 rings (SSSR count). The van der Waals surface area contributed by atoms with Gasteiger partial charge < -0.3 is 10.2 Å². The van der Waals surface area contributed by atoms with Crippen molar-refractivity contribution in [3.05, 3.63) is 90.3 Å². The minimum atomic E-state index is -0.622. The summed E-state index contributed by atoms with van der Waals surface area (Å²) in [7, 11) is 0. The van der Waals surface area contributed by atoms with Gasteiger partial charge in [0.2, 0.25) is 11.8 Å². The average Bonchev–Trinajstić information content (AvgIpc) is 3.26. The molecule has 1 atom stereocenters. The Morgan fingerprint density at radius 3 is 2.36 bits per heavy atom. The molecule has 3 aromatic rings. The summed E-state index contributed by atoms with van der Waals surface area (Å²) in [6.07, 6.45) is 5.00. The van der Waals surface area contributed by atoms with Gasteiger partial charge in [-0.1, -0.05) is 60.7 Å². The van der Waals surface area contributed by atoms with Crippen molar-refractivity contribution < 1.29 is 9.59 Å². The maximum Gasteiger partial charge on any atom is 0.228 e. The predicted molar refractivity (Wildman–Crippen MR) is 130 cm³/mol. The average molecular weight is 442 g/mol. The van der Waals surface area contributed by atoms with Gasteiger partial charge in [0.05, 0.1) is 11.8 Å². The Morgan fingerprint density at radius 1 is 0.970 bits per heavy atom. The molecule has 1 aliphatic rings. The summed E-state index contributed by atoms with van der Waals surface area (Å²) in [5, 5.41) is 3.11. The first-order chi connectivity index (χ1) is 15.9. The van der Waals surface area contributed by atoms with E-state index in [2.05, 4.69) is 46.7 Å². The topological polar surface area (TPSA) is 62.3 Å². The van der Waals surface area contributed by atoms with E-state index in [1.54, 1.807) is 12.4 Å². The van der Waals surface area contributed by atoms with Crippen LogP contribution in [0.5, 0.6) is 0 Å². The molecule has 5 heteroatoms. The predicted octanol–water partition coefficient (Wildman–Crippen LogP) is 4.28. The van der Waals surface area contributed by atoms with E-state index in [4.69, 9.17) is 0 Å². The molecule has 33 heavy (non-hydrogen) atoms. The first-order valence-corrected chi connectivity index (χ1v) is 11.6. The lowest BCUT2D eigenvalue weighted by Crippen LogP contribution is -2.47. The first-order valence-electron chi connectivity index (χ1n) is 11.6. The fraction of sp³-hybridized carbons (Fsp3) is 0.321. The van der Waals surface area contributed by atoms with Crippen molar-refractivity contribution in [2.24, 2.45) is 5.41 Å². The smallest absolute Gasteiger partial charge is 0.228 e. The summed E-state index contributed by atoms with van der Waals surface area (Å²) in [6.45, 7) is 4.97. The van der Waals surface area contributed by atoms with Crippen LogP contribution < -0.4 is 5.32 Å². The Balaban J connectivity index is 1.51. The number of hydrogen-bond donors (Lipinski definition) is 1. The summed E-state index contributed by atoms with van der Waals surface area (Å²) >= 11 is 0. The molecular weight excluding hydrogens is 410 g/mol. The Morgan fingerprint density at radius 2 is 1.70 bits per heavy atom. The largest absolute Gasteiger partial charge is 0.353 e. The minimum Gasteiger partial charge on any atom is -0.353 e. The molecule has 0 aliphatic carbocycles. The molecule has 0 bridgehead atoms. The Bertz CT molecular complexity index is 1080. The molecule has 5 nitrogen and oxygen atoms in total. The number of benzene rings is 2. The zero-order valence-corrected chi connectivity index (χ0v) is 19.3. The molecule has 170 valence electrons. The van der Waals surface area contributed by atoms with Crippen molar-refractivity contribution in [1.29, 1.82) is 0 Å². The lowest BCUT2D eigenvalue weighted by molar-refractivity contribution is -0.133. The SMILES string of the molecule is CC(C)NC(=O)[C@]1(Cc2ccc(-c3ccccc3)cc2)CCN(C(=O)Cc2cccnc2)C1. The number of likely N-dealkylation sites (tertiary alicyclic amines) is 1. The van der Waals surface area contributed by atoms with Crippen LogP contribution in [0.1, 0.15) is 31.4 Å². The molecule has 0 spiro atoms. The first kappa shape index (κ1) is 22.7. The molecular formula is C28H31N3O2. The van der Waals surface area contributed by atoms with E-state index < -0.39 is 5.41 Å². The number of aromatic nitrogens is 1. The number of pyridine rings is 1. The van der Waals surface area contributed by atoms with Gasteiger partial charge in [-0.15, -0.1) is 0 Å². The van der Waals surface area contributed by atoms with Crippen molar-refractivity contribution in [3.8, 4) is 11.1 Å². The quantitative estimate of drug-likeness (QED) is 0.595. The Hall–Kier alpha value is -3.47. The third kappa shape index (κ3) is 5.48. The molecule has 1 aromatic heterocycles.